The first kappa shape index (κ1) is 17.2. The zero-order valence-electron chi connectivity index (χ0n) is 11.5. The highest BCUT2D eigenvalue weighted by Crippen LogP contribution is 2.03. The molecular formula is C13H22N2O4. The molecule has 0 fully saturated rings. The zero-order chi connectivity index (χ0) is 14.9. The molecule has 0 spiro atoms. The number of carbonyl (C=O) groups excluding carboxylic acids is 2. The van der Waals surface area contributed by atoms with Crippen LogP contribution in [0.1, 0.15) is 39.5 Å². The number of aliphatic carboxylic acids is 1. The van der Waals surface area contributed by atoms with Gasteiger partial charge in [0.15, 0.2) is 0 Å². The Morgan fingerprint density at radius 1 is 1.21 bits per heavy atom. The molecule has 0 aromatic carbocycles. The van der Waals surface area contributed by atoms with E-state index in [0.29, 0.717) is 19.4 Å². The number of carboxylic acid groups (broad SMARTS) is 1. The van der Waals surface area contributed by atoms with Gasteiger partial charge in [0.25, 0.3) is 0 Å². The van der Waals surface area contributed by atoms with E-state index in [1.54, 1.807) is 13.8 Å². The second kappa shape index (κ2) is 8.29. The smallest absolute Gasteiger partial charge is 0.303 e. The Bertz CT molecular complexity index is 351. The predicted octanol–water partition coefficient (Wildman–Crippen LogP) is 0.828. The van der Waals surface area contributed by atoms with Crippen molar-refractivity contribution in [3.8, 4) is 0 Å². The van der Waals surface area contributed by atoms with Crippen LogP contribution < -0.4 is 10.6 Å². The predicted molar refractivity (Wildman–Crippen MR) is 71.5 cm³/mol. The van der Waals surface area contributed by atoms with Crippen LogP contribution in [0.2, 0.25) is 0 Å². The Morgan fingerprint density at radius 2 is 1.84 bits per heavy atom. The van der Waals surface area contributed by atoms with Gasteiger partial charge in [0.05, 0.1) is 0 Å². The van der Waals surface area contributed by atoms with Gasteiger partial charge in [-0.1, -0.05) is 13.0 Å². The number of rotatable bonds is 9. The third kappa shape index (κ3) is 7.96. The maximum absolute atomic E-state index is 11.8. The molecule has 0 rings (SSSR count). The Kier molecular flexibility index (Phi) is 7.48. The van der Waals surface area contributed by atoms with Gasteiger partial charge >= 0.3 is 5.97 Å². The lowest BCUT2D eigenvalue weighted by Crippen LogP contribution is -2.54. The van der Waals surface area contributed by atoms with E-state index in [0.717, 1.165) is 12.5 Å². The monoisotopic (exact) mass is 270 g/mol. The van der Waals surface area contributed by atoms with Crippen LogP contribution in [0.25, 0.3) is 0 Å². The molecule has 0 unspecified atom stereocenters. The third-order valence-electron chi connectivity index (χ3n) is 2.54. The molecule has 0 bridgehead atoms. The molecule has 0 aromatic rings. The summed E-state index contributed by atoms with van der Waals surface area (Å²) < 4.78 is 0. The molecule has 0 saturated carbocycles. The van der Waals surface area contributed by atoms with E-state index in [9.17, 15) is 14.4 Å². The Labute approximate surface area is 113 Å². The van der Waals surface area contributed by atoms with Crippen molar-refractivity contribution in [1.82, 2.24) is 10.6 Å². The molecular weight excluding hydrogens is 248 g/mol. The Morgan fingerprint density at radius 3 is 2.37 bits per heavy atom. The quantitative estimate of drug-likeness (QED) is 0.427. The van der Waals surface area contributed by atoms with Gasteiger partial charge in [-0.15, -0.1) is 0 Å². The van der Waals surface area contributed by atoms with Crippen LogP contribution in [-0.4, -0.2) is 35.0 Å². The van der Waals surface area contributed by atoms with Crippen LogP contribution in [0.5, 0.6) is 0 Å². The third-order valence-corrected chi connectivity index (χ3v) is 2.54. The molecule has 6 nitrogen and oxygen atoms in total. The SMILES string of the molecule is C=CC(=O)NC(C)(C)C(=O)NCCCCCC(=O)O. The molecule has 0 radical (unpaired) electrons. The van der Waals surface area contributed by atoms with Gasteiger partial charge in [0.2, 0.25) is 11.8 Å². The number of hydrogen-bond donors (Lipinski definition) is 3. The topological polar surface area (TPSA) is 95.5 Å². The number of carboxylic acids is 1. The highest BCUT2D eigenvalue weighted by atomic mass is 16.4. The second-order valence-corrected chi connectivity index (χ2v) is 4.78. The van der Waals surface area contributed by atoms with Gasteiger partial charge < -0.3 is 15.7 Å². The van der Waals surface area contributed by atoms with Crippen molar-refractivity contribution in [3.63, 3.8) is 0 Å². The minimum absolute atomic E-state index is 0.148. The zero-order valence-corrected chi connectivity index (χ0v) is 11.5. The highest BCUT2D eigenvalue weighted by Gasteiger charge is 2.28. The summed E-state index contributed by atoms with van der Waals surface area (Å²) in [5.74, 6) is -1.49. The van der Waals surface area contributed by atoms with Crippen LogP contribution in [-0.2, 0) is 14.4 Å². The first-order valence-corrected chi connectivity index (χ1v) is 6.24. The van der Waals surface area contributed by atoms with Crippen LogP contribution in [0.3, 0.4) is 0 Å². The average Bonchev–Trinajstić information content (AvgIpc) is 2.32. The van der Waals surface area contributed by atoms with Crippen molar-refractivity contribution in [2.45, 2.75) is 45.1 Å². The summed E-state index contributed by atoms with van der Waals surface area (Å²) in [5.41, 5.74) is -0.994. The molecule has 2 amide bonds. The maximum atomic E-state index is 11.8. The van der Waals surface area contributed by atoms with E-state index in [1.807, 2.05) is 0 Å². The summed E-state index contributed by atoms with van der Waals surface area (Å²) in [6.07, 6.45) is 3.31. The average molecular weight is 270 g/mol. The molecule has 6 heteroatoms. The minimum atomic E-state index is -0.994. The molecule has 108 valence electrons. The molecule has 0 aliphatic carbocycles. The van der Waals surface area contributed by atoms with Gasteiger partial charge in [0.1, 0.15) is 5.54 Å². The number of amides is 2. The molecule has 0 atom stereocenters. The van der Waals surface area contributed by atoms with Crippen molar-refractivity contribution in [2.24, 2.45) is 0 Å². The van der Waals surface area contributed by atoms with E-state index < -0.39 is 17.4 Å². The molecule has 0 aliphatic heterocycles. The summed E-state index contributed by atoms with van der Waals surface area (Å²) in [6, 6.07) is 0. The van der Waals surface area contributed by atoms with Crippen molar-refractivity contribution < 1.29 is 19.5 Å². The van der Waals surface area contributed by atoms with Gasteiger partial charge in [-0.3, -0.25) is 14.4 Å². The summed E-state index contributed by atoms with van der Waals surface area (Å²) in [5, 5.41) is 13.7. The molecule has 0 aliphatic rings. The fourth-order valence-electron chi connectivity index (χ4n) is 1.42. The first-order chi connectivity index (χ1) is 8.79. The van der Waals surface area contributed by atoms with Crippen LogP contribution >= 0.6 is 0 Å². The van der Waals surface area contributed by atoms with Gasteiger partial charge in [-0.2, -0.15) is 0 Å². The van der Waals surface area contributed by atoms with E-state index in [4.69, 9.17) is 5.11 Å². The van der Waals surface area contributed by atoms with Gasteiger partial charge in [-0.25, -0.2) is 0 Å². The fraction of sp³-hybridized carbons (Fsp3) is 0.615. The largest absolute Gasteiger partial charge is 0.481 e. The molecule has 0 heterocycles. The van der Waals surface area contributed by atoms with Crippen LogP contribution in [0, 0.1) is 0 Å². The Balaban J connectivity index is 3.87. The van der Waals surface area contributed by atoms with E-state index in [2.05, 4.69) is 17.2 Å². The van der Waals surface area contributed by atoms with E-state index >= 15 is 0 Å². The van der Waals surface area contributed by atoms with Crippen LogP contribution in [0.4, 0.5) is 0 Å². The first-order valence-electron chi connectivity index (χ1n) is 6.24. The van der Waals surface area contributed by atoms with Crippen molar-refractivity contribution >= 4 is 17.8 Å². The summed E-state index contributed by atoms with van der Waals surface area (Å²) in [6.45, 7) is 7.00. The molecule has 3 N–H and O–H groups in total. The Hall–Kier alpha value is -1.85. The fourth-order valence-corrected chi connectivity index (χ4v) is 1.42. The number of nitrogens with one attached hydrogen (secondary N) is 2. The maximum Gasteiger partial charge on any atom is 0.303 e. The van der Waals surface area contributed by atoms with Crippen molar-refractivity contribution in [2.75, 3.05) is 6.54 Å². The van der Waals surface area contributed by atoms with Gasteiger partial charge in [-0.05, 0) is 32.8 Å². The molecule has 0 saturated heterocycles. The van der Waals surface area contributed by atoms with Gasteiger partial charge in [0, 0.05) is 13.0 Å². The van der Waals surface area contributed by atoms with E-state index in [-0.39, 0.29) is 12.3 Å². The van der Waals surface area contributed by atoms with Crippen molar-refractivity contribution in [1.29, 1.82) is 0 Å². The summed E-state index contributed by atoms with van der Waals surface area (Å²) in [4.78, 5) is 33.2. The highest BCUT2D eigenvalue weighted by molar-refractivity contribution is 5.94. The number of unbranched alkanes of at least 4 members (excludes halogenated alkanes) is 2. The minimum Gasteiger partial charge on any atom is -0.481 e. The normalized spacial score (nSPS) is 10.6. The summed E-state index contributed by atoms with van der Waals surface area (Å²) >= 11 is 0. The molecule has 19 heavy (non-hydrogen) atoms. The summed E-state index contributed by atoms with van der Waals surface area (Å²) in [7, 11) is 0. The van der Waals surface area contributed by atoms with Crippen LogP contribution in [0.15, 0.2) is 12.7 Å². The number of hydrogen-bond acceptors (Lipinski definition) is 3. The molecule has 0 aromatic heterocycles. The second-order valence-electron chi connectivity index (χ2n) is 4.78. The lowest BCUT2D eigenvalue weighted by atomic mass is 10.0. The lowest BCUT2D eigenvalue weighted by Gasteiger charge is -2.24. The lowest BCUT2D eigenvalue weighted by molar-refractivity contribution is -0.137. The van der Waals surface area contributed by atoms with Crippen molar-refractivity contribution in [3.05, 3.63) is 12.7 Å². The standard InChI is InChI=1S/C13H22N2O4/c1-4-10(16)15-13(2,3)12(19)14-9-7-5-6-8-11(17)18/h4H,1,5-9H2,2-3H3,(H,14,19)(H,15,16)(H,17,18). The van der Waals surface area contributed by atoms with E-state index in [1.165, 1.54) is 0 Å². The number of carbonyl (C=O) groups is 3.